The van der Waals surface area contributed by atoms with Crippen LogP contribution in [-0.2, 0) is 6.56 Å². The molecule has 0 saturated carbocycles. The molecular formula is C22H17BrF3N3O3. The molecule has 3 heterocycles. The van der Waals surface area contributed by atoms with Crippen molar-refractivity contribution < 1.29 is 25.4 Å². The molecule has 0 aromatic carbocycles. The second kappa shape index (κ2) is 10.3. The van der Waals surface area contributed by atoms with Gasteiger partial charge in [0.25, 0.3) is 5.56 Å². The van der Waals surface area contributed by atoms with Gasteiger partial charge in [0.2, 0.25) is 0 Å². The second-order valence-electron chi connectivity index (χ2n) is 6.15. The summed E-state index contributed by atoms with van der Waals surface area (Å²) in [5.74, 6) is -3.48. The van der Waals surface area contributed by atoms with Crippen molar-refractivity contribution in [3.05, 3.63) is 93.1 Å². The average Bonchev–Trinajstić information content (AvgIpc) is 2.75. The van der Waals surface area contributed by atoms with E-state index in [0.717, 1.165) is 10.6 Å². The van der Waals surface area contributed by atoms with Crippen LogP contribution >= 0.6 is 15.9 Å². The fourth-order valence-electron chi connectivity index (χ4n) is 2.66. The minimum atomic E-state index is -2.85. The van der Waals surface area contributed by atoms with Crippen LogP contribution in [0.3, 0.4) is 0 Å². The Labute approximate surface area is 192 Å². The van der Waals surface area contributed by atoms with E-state index >= 15 is 4.39 Å². The summed E-state index contributed by atoms with van der Waals surface area (Å²) < 4.78 is 69.9. The van der Waals surface area contributed by atoms with Gasteiger partial charge >= 0.3 is 0 Å². The maximum atomic E-state index is 15.1. The highest BCUT2D eigenvalue weighted by atomic mass is 79.9. The quantitative estimate of drug-likeness (QED) is 0.316. The van der Waals surface area contributed by atoms with E-state index in [9.17, 15) is 13.6 Å². The first kappa shape index (κ1) is 20.5. The van der Waals surface area contributed by atoms with E-state index in [0.29, 0.717) is 12.3 Å². The Morgan fingerprint density at radius 2 is 2.00 bits per heavy atom. The zero-order valence-electron chi connectivity index (χ0n) is 18.6. The summed E-state index contributed by atoms with van der Waals surface area (Å²) in [4.78, 5) is 20.3. The van der Waals surface area contributed by atoms with Gasteiger partial charge in [-0.1, -0.05) is 18.7 Å². The third-order valence-corrected chi connectivity index (χ3v) is 4.50. The molecule has 0 radical (unpaired) electrons. The molecule has 0 amide bonds. The number of hydrogen-bond donors (Lipinski definition) is 0. The molecule has 0 fully saturated rings. The van der Waals surface area contributed by atoms with Gasteiger partial charge in [-0.25, -0.2) is 18.2 Å². The van der Waals surface area contributed by atoms with E-state index < -0.39 is 35.3 Å². The Morgan fingerprint density at radius 1 is 1.22 bits per heavy atom. The summed E-state index contributed by atoms with van der Waals surface area (Å²) in [6, 6.07) is 2.59. The first-order valence-corrected chi connectivity index (χ1v) is 9.86. The number of allylic oxidation sites excluding steroid dienone is 1. The first-order chi connectivity index (χ1) is 16.1. The summed E-state index contributed by atoms with van der Waals surface area (Å²) in [7, 11) is 0. The molecular weight excluding hydrogens is 491 g/mol. The van der Waals surface area contributed by atoms with Crippen molar-refractivity contribution in [1.82, 2.24) is 14.5 Å². The highest BCUT2D eigenvalue weighted by Gasteiger charge is 2.20. The number of hydrogen-bond acceptors (Lipinski definition) is 5. The van der Waals surface area contributed by atoms with Crippen LogP contribution in [-0.4, -0.2) is 21.1 Å². The molecule has 6 nitrogen and oxygen atoms in total. The highest BCUT2D eigenvalue weighted by molar-refractivity contribution is 9.10. The van der Waals surface area contributed by atoms with Gasteiger partial charge in [-0.05, 0) is 28.9 Å². The highest BCUT2D eigenvalue weighted by Crippen LogP contribution is 2.30. The molecule has 0 aliphatic rings. The lowest BCUT2D eigenvalue weighted by atomic mass is 10.2. The molecule has 0 bridgehead atoms. The molecule has 0 aliphatic heterocycles. The predicted octanol–water partition coefficient (Wildman–Crippen LogP) is 4.98. The molecule has 0 spiro atoms. The largest absolute Gasteiger partial charge is 0.487 e. The standard InChI is InChI=1S/C22H17BrF3N3O3/c1-3-5-14-8-15(32-12-17-16(25)7-13(24)10-27-17)9-19(30)29(14)21-18(31-6-4-2)11-28-22(23)20(21)26/h3-5,7-11H,2,6,12H2,1H3/i12D2. The number of rotatable bonds is 8. The summed E-state index contributed by atoms with van der Waals surface area (Å²) in [6.45, 7) is 2.34. The van der Waals surface area contributed by atoms with E-state index in [1.807, 2.05) is 0 Å². The lowest BCUT2D eigenvalue weighted by molar-refractivity contribution is 0.292. The van der Waals surface area contributed by atoms with Crippen LogP contribution in [0.15, 0.2) is 58.7 Å². The maximum absolute atomic E-state index is 15.1. The monoisotopic (exact) mass is 509 g/mol. The first-order valence-electron chi connectivity index (χ1n) is 10.1. The Morgan fingerprint density at radius 3 is 2.69 bits per heavy atom. The number of ether oxygens (including phenoxy) is 2. The number of pyridine rings is 3. The van der Waals surface area contributed by atoms with Crippen LogP contribution in [0.5, 0.6) is 11.5 Å². The van der Waals surface area contributed by atoms with Gasteiger partial charge in [-0.15, -0.1) is 0 Å². The van der Waals surface area contributed by atoms with Crippen molar-refractivity contribution in [1.29, 1.82) is 0 Å². The summed E-state index contributed by atoms with van der Waals surface area (Å²) in [5, 5.41) is 0. The smallest absolute Gasteiger partial charge is 0.259 e. The molecule has 3 rings (SSSR count). The van der Waals surface area contributed by atoms with Crippen LogP contribution in [0.2, 0.25) is 0 Å². The number of aromatic nitrogens is 3. The Bertz CT molecular complexity index is 1330. The molecule has 0 saturated heterocycles. The van der Waals surface area contributed by atoms with Crippen LogP contribution in [0.25, 0.3) is 11.8 Å². The van der Waals surface area contributed by atoms with Gasteiger partial charge in [-0.2, -0.15) is 0 Å². The molecule has 32 heavy (non-hydrogen) atoms. The summed E-state index contributed by atoms with van der Waals surface area (Å²) in [6.07, 6.45) is 6.30. The molecule has 3 aromatic heterocycles. The van der Waals surface area contributed by atoms with Crippen molar-refractivity contribution >= 4 is 22.0 Å². The van der Waals surface area contributed by atoms with Crippen molar-refractivity contribution in [3.8, 4) is 17.2 Å². The van der Waals surface area contributed by atoms with E-state index in [4.69, 9.17) is 12.2 Å². The van der Waals surface area contributed by atoms with Crippen LogP contribution < -0.4 is 15.0 Å². The van der Waals surface area contributed by atoms with Gasteiger partial charge in [0.15, 0.2) is 17.4 Å². The van der Waals surface area contributed by atoms with Crippen LogP contribution in [0.4, 0.5) is 13.2 Å². The summed E-state index contributed by atoms with van der Waals surface area (Å²) in [5.41, 5.74) is -1.78. The van der Waals surface area contributed by atoms with E-state index in [-0.39, 0.29) is 34.1 Å². The Balaban J connectivity index is 2.15. The summed E-state index contributed by atoms with van der Waals surface area (Å²) >= 11 is 2.99. The van der Waals surface area contributed by atoms with Crippen molar-refractivity contribution in [2.45, 2.75) is 13.5 Å². The van der Waals surface area contributed by atoms with Gasteiger partial charge in [0.1, 0.15) is 40.7 Å². The van der Waals surface area contributed by atoms with Crippen LogP contribution in [0.1, 0.15) is 21.1 Å². The van der Waals surface area contributed by atoms with Gasteiger partial charge in [-0.3, -0.25) is 14.3 Å². The lowest BCUT2D eigenvalue weighted by Gasteiger charge is -2.17. The molecule has 0 atom stereocenters. The fraction of sp³-hybridized carbons (Fsp3) is 0.136. The van der Waals surface area contributed by atoms with E-state index in [2.05, 4.69) is 32.5 Å². The second-order valence-corrected chi connectivity index (χ2v) is 6.90. The van der Waals surface area contributed by atoms with Gasteiger partial charge < -0.3 is 9.47 Å². The molecule has 10 heteroatoms. The molecule has 0 aliphatic carbocycles. The van der Waals surface area contributed by atoms with E-state index in [1.165, 1.54) is 24.4 Å². The predicted molar refractivity (Wildman–Crippen MR) is 116 cm³/mol. The third-order valence-electron chi connectivity index (χ3n) is 3.94. The fourth-order valence-corrected chi connectivity index (χ4v) is 2.95. The molecule has 0 unspecified atom stereocenters. The number of halogens is 4. The topological polar surface area (TPSA) is 66.2 Å². The van der Waals surface area contributed by atoms with Crippen molar-refractivity contribution in [2.75, 3.05) is 6.61 Å². The molecule has 166 valence electrons. The maximum Gasteiger partial charge on any atom is 0.259 e. The third kappa shape index (κ3) is 5.08. The Kier molecular flexibility index (Phi) is 6.58. The average molecular weight is 510 g/mol. The minimum absolute atomic E-state index is 0.0150. The van der Waals surface area contributed by atoms with Gasteiger partial charge in [0, 0.05) is 18.2 Å². The lowest BCUT2D eigenvalue weighted by Crippen LogP contribution is -2.22. The normalized spacial score (nSPS) is 12.4. The van der Waals surface area contributed by atoms with E-state index in [1.54, 1.807) is 13.0 Å². The molecule has 0 N–H and O–H groups in total. The zero-order valence-corrected chi connectivity index (χ0v) is 18.2. The minimum Gasteiger partial charge on any atom is -0.487 e. The zero-order chi connectivity index (χ0) is 25.0. The SMILES string of the molecule is [2H]C([2H])(Oc1cc(C=CC)n(-c2c(OCC=C)cnc(Br)c2F)c(=O)c1)c1ncc(F)cc1F. The van der Waals surface area contributed by atoms with Crippen LogP contribution in [0, 0.1) is 17.5 Å². The van der Waals surface area contributed by atoms with Gasteiger partial charge in [0.05, 0.1) is 20.8 Å². The molecule has 3 aromatic rings. The van der Waals surface area contributed by atoms with Crippen molar-refractivity contribution in [2.24, 2.45) is 0 Å². The number of nitrogens with zero attached hydrogens (tertiary/aromatic N) is 3. The Hall–Kier alpha value is -3.40. The van der Waals surface area contributed by atoms with Crippen molar-refractivity contribution in [3.63, 3.8) is 0 Å².